The monoisotopic (exact) mass is 478 g/mol. The smallest absolute Gasteiger partial charge is 0.243 e. The fourth-order valence-corrected chi connectivity index (χ4v) is 5.46. The molecule has 0 unspecified atom stereocenters. The number of sulfonamides is 1. The quantitative estimate of drug-likeness (QED) is 0.520. The van der Waals surface area contributed by atoms with Gasteiger partial charge in [0, 0.05) is 23.8 Å². The van der Waals surface area contributed by atoms with E-state index in [0.717, 1.165) is 18.5 Å². The zero-order valence-electron chi connectivity index (χ0n) is 16.3. The van der Waals surface area contributed by atoms with Crippen molar-refractivity contribution in [1.82, 2.24) is 24.5 Å². The summed E-state index contributed by atoms with van der Waals surface area (Å²) in [6, 6.07) is 13.2. The van der Waals surface area contributed by atoms with Crippen molar-refractivity contribution in [2.75, 3.05) is 24.2 Å². The van der Waals surface area contributed by atoms with Crippen molar-refractivity contribution in [3.63, 3.8) is 0 Å². The second-order valence-corrected chi connectivity index (χ2v) is 10.1. The Morgan fingerprint density at radius 2 is 1.74 bits per heavy atom. The summed E-state index contributed by atoms with van der Waals surface area (Å²) in [5.74, 6) is -0.173. The predicted molar refractivity (Wildman–Crippen MR) is 118 cm³/mol. The predicted octanol–water partition coefficient (Wildman–Crippen LogP) is 2.83. The number of aromatic nitrogens is 4. The minimum Gasteiger partial charge on any atom is -0.325 e. The molecule has 0 atom stereocenters. The van der Waals surface area contributed by atoms with Crippen molar-refractivity contribution in [2.45, 2.75) is 22.9 Å². The molecule has 0 spiro atoms. The van der Waals surface area contributed by atoms with Crippen LogP contribution in [0.2, 0.25) is 5.02 Å². The van der Waals surface area contributed by atoms with E-state index >= 15 is 0 Å². The fourth-order valence-electron chi connectivity index (χ4n) is 3.13. The molecule has 162 valence electrons. The Labute approximate surface area is 188 Å². The van der Waals surface area contributed by atoms with Crippen LogP contribution in [0.5, 0.6) is 0 Å². The second-order valence-electron chi connectivity index (χ2n) is 6.82. The molecule has 3 aromatic rings. The van der Waals surface area contributed by atoms with Gasteiger partial charge in [0.05, 0.1) is 16.3 Å². The lowest BCUT2D eigenvalue weighted by Crippen LogP contribution is -2.27. The minimum absolute atomic E-state index is 0.0851. The van der Waals surface area contributed by atoms with E-state index in [1.807, 2.05) is 0 Å². The molecular formula is C19H19ClN6O3S2. The molecule has 2 heterocycles. The van der Waals surface area contributed by atoms with E-state index in [2.05, 4.69) is 20.8 Å². The lowest BCUT2D eigenvalue weighted by Gasteiger charge is -2.15. The van der Waals surface area contributed by atoms with Gasteiger partial charge in [-0.05, 0) is 71.8 Å². The third kappa shape index (κ3) is 5.06. The van der Waals surface area contributed by atoms with E-state index in [1.54, 1.807) is 36.4 Å². The molecule has 31 heavy (non-hydrogen) atoms. The number of halogens is 1. The zero-order chi connectivity index (χ0) is 21.8. The molecule has 1 aliphatic heterocycles. The maximum atomic E-state index is 12.6. The molecule has 1 saturated heterocycles. The number of anilines is 1. The van der Waals surface area contributed by atoms with Crippen molar-refractivity contribution >= 4 is 45.0 Å². The van der Waals surface area contributed by atoms with Crippen molar-refractivity contribution < 1.29 is 13.2 Å². The van der Waals surface area contributed by atoms with Gasteiger partial charge < -0.3 is 5.32 Å². The number of nitrogens with zero attached hydrogens (tertiary/aromatic N) is 5. The Morgan fingerprint density at radius 1 is 1.06 bits per heavy atom. The van der Waals surface area contributed by atoms with Crippen molar-refractivity contribution in [3.8, 4) is 5.69 Å². The van der Waals surface area contributed by atoms with Gasteiger partial charge in [0.15, 0.2) is 0 Å². The molecule has 2 aromatic carbocycles. The molecule has 1 N–H and O–H groups in total. The van der Waals surface area contributed by atoms with E-state index in [1.165, 1.54) is 32.9 Å². The van der Waals surface area contributed by atoms with Crippen molar-refractivity contribution in [2.24, 2.45) is 0 Å². The number of thioether (sulfide) groups is 1. The van der Waals surface area contributed by atoms with Gasteiger partial charge in [0.1, 0.15) is 0 Å². The second kappa shape index (κ2) is 9.35. The zero-order valence-corrected chi connectivity index (χ0v) is 18.7. The van der Waals surface area contributed by atoms with Crippen LogP contribution in [0.3, 0.4) is 0 Å². The Kier molecular flexibility index (Phi) is 6.56. The molecule has 1 amide bonds. The van der Waals surface area contributed by atoms with Crippen LogP contribution in [0.15, 0.2) is 58.6 Å². The van der Waals surface area contributed by atoms with Gasteiger partial charge in [-0.2, -0.15) is 8.99 Å². The average Bonchev–Trinajstić information content (AvgIpc) is 3.46. The molecule has 4 rings (SSSR count). The van der Waals surface area contributed by atoms with E-state index < -0.39 is 10.0 Å². The van der Waals surface area contributed by atoms with Crippen molar-refractivity contribution in [1.29, 1.82) is 0 Å². The summed E-state index contributed by atoms with van der Waals surface area (Å²) in [6.07, 6.45) is 1.76. The summed E-state index contributed by atoms with van der Waals surface area (Å²) >= 11 is 7.09. The topological polar surface area (TPSA) is 110 Å². The highest BCUT2D eigenvalue weighted by molar-refractivity contribution is 7.99. The van der Waals surface area contributed by atoms with E-state index in [0.29, 0.717) is 29.0 Å². The third-order valence-electron chi connectivity index (χ3n) is 4.69. The van der Waals surface area contributed by atoms with Crippen molar-refractivity contribution in [3.05, 3.63) is 53.6 Å². The first kappa shape index (κ1) is 21.8. The van der Waals surface area contributed by atoms with Crippen LogP contribution in [0.1, 0.15) is 12.8 Å². The van der Waals surface area contributed by atoms with Gasteiger partial charge in [-0.3, -0.25) is 4.79 Å². The molecule has 0 aliphatic carbocycles. The molecule has 0 saturated carbocycles. The number of amides is 1. The number of rotatable bonds is 7. The Bertz CT molecular complexity index is 1160. The SMILES string of the molecule is O=C(CSc1nnnn1-c1ccc(Cl)cc1)Nc1ccc(S(=O)(=O)N2CCCC2)cc1. The van der Waals surface area contributed by atoms with Gasteiger partial charge in [0.2, 0.25) is 21.1 Å². The number of benzene rings is 2. The van der Waals surface area contributed by atoms with Crippen LogP contribution in [0.25, 0.3) is 5.69 Å². The number of tetrazole rings is 1. The highest BCUT2D eigenvalue weighted by atomic mass is 35.5. The van der Waals surface area contributed by atoms with Gasteiger partial charge in [-0.15, -0.1) is 5.10 Å². The van der Waals surface area contributed by atoms with Crippen LogP contribution in [0, 0.1) is 0 Å². The standard InChI is InChI=1S/C19H19ClN6O3S2/c20-14-3-7-16(8-4-14)26-19(22-23-24-26)30-13-18(27)21-15-5-9-17(10-6-15)31(28,29)25-11-1-2-12-25/h3-10H,1-2,11-13H2,(H,21,27). The van der Waals surface area contributed by atoms with Crippen LogP contribution in [-0.2, 0) is 14.8 Å². The summed E-state index contributed by atoms with van der Waals surface area (Å²) in [6.45, 7) is 1.10. The number of hydrogen-bond acceptors (Lipinski definition) is 7. The van der Waals surface area contributed by atoms with Gasteiger partial charge in [0.25, 0.3) is 0 Å². The molecule has 12 heteroatoms. The molecular weight excluding hydrogens is 460 g/mol. The molecule has 0 radical (unpaired) electrons. The fraction of sp³-hybridized carbons (Fsp3) is 0.263. The normalized spacial score (nSPS) is 14.6. The van der Waals surface area contributed by atoms with E-state index in [-0.39, 0.29) is 16.6 Å². The lowest BCUT2D eigenvalue weighted by molar-refractivity contribution is -0.113. The third-order valence-corrected chi connectivity index (χ3v) is 7.77. The maximum absolute atomic E-state index is 12.6. The molecule has 1 aliphatic rings. The minimum atomic E-state index is -3.47. The average molecular weight is 479 g/mol. The summed E-state index contributed by atoms with van der Waals surface area (Å²) in [4.78, 5) is 12.6. The first-order valence-electron chi connectivity index (χ1n) is 9.51. The Balaban J connectivity index is 1.36. The molecule has 0 bridgehead atoms. The Hall–Kier alpha value is -2.47. The van der Waals surface area contributed by atoms with E-state index in [4.69, 9.17) is 11.6 Å². The highest BCUT2D eigenvalue weighted by Crippen LogP contribution is 2.23. The first-order valence-corrected chi connectivity index (χ1v) is 12.3. The largest absolute Gasteiger partial charge is 0.325 e. The summed E-state index contributed by atoms with van der Waals surface area (Å²) in [7, 11) is -3.47. The maximum Gasteiger partial charge on any atom is 0.243 e. The van der Waals surface area contributed by atoms with Crippen LogP contribution in [-0.4, -0.2) is 57.7 Å². The first-order chi connectivity index (χ1) is 14.9. The summed E-state index contributed by atoms with van der Waals surface area (Å²) in [5.41, 5.74) is 1.25. The molecule has 1 aromatic heterocycles. The van der Waals surface area contributed by atoms with Crippen LogP contribution in [0.4, 0.5) is 5.69 Å². The number of nitrogens with one attached hydrogen (secondary N) is 1. The van der Waals surface area contributed by atoms with Crippen LogP contribution < -0.4 is 5.32 Å². The number of carbonyl (C=O) groups is 1. The number of carbonyl (C=O) groups excluding carboxylic acids is 1. The van der Waals surface area contributed by atoms with Crippen LogP contribution >= 0.6 is 23.4 Å². The van der Waals surface area contributed by atoms with Gasteiger partial charge >= 0.3 is 0 Å². The summed E-state index contributed by atoms with van der Waals surface area (Å²) in [5, 5.41) is 15.4. The number of hydrogen-bond donors (Lipinski definition) is 1. The molecule has 9 nitrogen and oxygen atoms in total. The lowest BCUT2D eigenvalue weighted by atomic mass is 10.3. The van der Waals surface area contributed by atoms with E-state index in [9.17, 15) is 13.2 Å². The van der Waals surface area contributed by atoms with Gasteiger partial charge in [-0.1, -0.05) is 23.4 Å². The highest BCUT2D eigenvalue weighted by Gasteiger charge is 2.26. The summed E-state index contributed by atoms with van der Waals surface area (Å²) < 4.78 is 28.2. The Morgan fingerprint density at radius 3 is 2.42 bits per heavy atom. The van der Waals surface area contributed by atoms with Gasteiger partial charge in [-0.25, -0.2) is 8.42 Å². The molecule has 1 fully saturated rings.